The van der Waals surface area contributed by atoms with Gasteiger partial charge in [-0.25, -0.2) is 9.89 Å². The first kappa shape index (κ1) is 17.8. The van der Waals surface area contributed by atoms with E-state index in [1.807, 2.05) is 46.4 Å². The maximum absolute atomic E-state index is 12.6. The van der Waals surface area contributed by atoms with E-state index in [1.54, 1.807) is 4.57 Å². The van der Waals surface area contributed by atoms with Gasteiger partial charge in [-0.15, -0.1) is 5.10 Å². The Bertz CT molecular complexity index is 513. The van der Waals surface area contributed by atoms with Gasteiger partial charge in [0.05, 0.1) is 5.25 Å². The van der Waals surface area contributed by atoms with Gasteiger partial charge in [0.2, 0.25) is 5.91 Å². The second kappa shape index (κ2) is 7.68. The molecule has 1 atom stereocenters. The Balaban J connectivity index is 2.88. The SMILES string of the molecule is CCCn1c(SC(C)C(=O)N(C(C)C)C(C)C)n[nH]c1=O. The molecule has 0 saturated heterocycles. The highest BCUT2D eigenvalue weighted by Gasteiger charge is 2.27. The zero-order valence-electron chi connectivity index (χ0n) is 13.7. The summed E-state index contributed by atoms with van der Waals surface area (Å²) in [7, 11) is 0. The zero-order chi connectivity index (χ0) is 16.2. The summed E-state index contributed by atoms with van der Waals surface area (Å²) in [5.41, 5.74) is -0.219. The lowest BCUT2D eigenvalue weighted by atomic mass is 10.2. The van der Waals surface area contributed by atoms with Gasteiger partial charge < -0.3 is 4.90 Å². The molecule has 0 bridgehead atoms. The molecule has 21 heavy (non-hydrogen) atoms. The minimum atomic E-state index is -0.277. The van der Waals surface area contributed by atoms with Gasteiger partial charge in [-0.05, 0) is 41.0 Å². The first-order valence-corrected chi connectivity index (χ1v) is 8.31. The van der Waals surface area contributed by atoms with Crippen molar-refractivity contribution in [2.45, 2.75) is 77.0 Å². The molecular formula is C14H26N4O2S. The van der Waals surface area contributed by atoms with E-state index in [9.17, 15) is 9.59 Å². The minimum Gasteiger partial charge on any atom is -0.337 e. The predicted octanol–water partition coefficient (Wildman–Crippen LogP) is 2.11. The van der Waals surface area contributed by atoms with Crippen LogP contribution < -0.4 is 5.69 Å². The average molecular weight is 314 g/mol. The lowest BCUT2D eigenvalue weighted by molar-refractivity contribution is -0.133. The molecule has 1 heterocycles. The summed E-state index contributed by atoms with van der Waals surface area (Å²) < 4.78 is 1.59. The van der Waals surface area contributed by atoms with Crippen LogP contribution in [-0.4, -0.2) is 42.9 Å². The molecule has 6 nitrogen and oxygen atoms in total. The third kappa shape index (κ3) is 4.36. The number of nitrogens with zero attached hydrogens (tertiary/aromatic N) is 3. The van der Waals surface area contributed by atoms with E-state index in [4.69, 9.17) is 0 Å². The van der Waals surface area contributed by atoms with E-state index in [1.165, 1.54) is 11.8 Å². The third-order valence-electron chi connectivity index (χ3n) is 3.17. The first-order valence-electron chi connectivity index (χ1n) is 7.43. The van der Waals surface area contributed by atoms with Crippen LogP contribution in [0.3, 0.4) is 0 Å². The Morgan fingerprint density at radius 1 is 1.29 bits per heavy atom. The molecule has 1 N–H and O–H groups in total. The van der Waals surface area contributed by atoms with E-state index in [-0.39, 0.29) is 28.9 Å². The van der Waals surface area contributed by atoms with Crippen molar-refractivity contribution in [2.24, 2.45) is 0 Å². The first-order chi connectivity index (χ1) is 9.79. The van der Waals surface area contributed by atoms with Gasteiger partial charge in [0.25, 0.3) is 0 Å². The fraction of sp³-hybridized carbons (Fsp3) is 0.786. The van der Waals surface area contributed by atoms with Gasteiger partial charge in [-0.1, -0.05) is 18.7 Å². The van der Waals surface area contributed by atoms with Crippen molar-refractivity contribution in [3.8, 4) is 0 Å². The Hall–Kier alpha value is -1.24. The van der Waals surface area contributed by atoms with Gasteiger partial charge in [-0.3, -0.25) is 9.36 Å². The van der Waals surface area contributed by atoms with Crippen LogP contribution in [-0.2, 0) is 11.3 Å². The molecule has 1 aromatic rings. The number of H-pyrrole nitrogens is 1. The number of nitrogens with one attached hydrogen (secondary N) is 1. The Labute approximate surface area is 130 Å². The Morgan fingerprint density at radius 3 is 2.33 bits per heavy atom. The van der Waals surface area contributed by atoms with Crippen molar-refractivity contribution in [2.75, 3.05) is 0 Å². The molecule has 1 amide bonds. The van der Waals surface area contributed by atoms with E-state index in [2.05, 4.69) is 10.2 Å². The molecular weight excluding hydrogens is 288 g/mol. The maximum Gasteiger partial charge on any atom is 0.343 e. The highest BCUT2D eigenvalue weighted by Crippen LogP contribution is 2.23. The van der Waals surface area contributed by atoms with Gasteiger partial charge in [0, 0.05) is 18.6 Å². The van der Waals surface area contributed by atoms with E-state index < -0.39 is 0 Å². The number of carbonyl (C=O) groups excluding carboxylic acids is 1. The summed E-state index contributed by atoms with van der Waals surface area (Å²) >= 11 is 1.33. The smallest absolute Gasteiger partial charge is 0.337 e. The monoisotopic (exact) mass is 314 g/mol. The minimum absolute atomic E-state index is 0.0727. The van der Waals surface area contributed by atoms with Crippen LogP contribution >= 0.6 is 11.8 Å². The fourth-order valence-corrected chi connectivity index (χ4v) is 3.28. The second-order valence-electron chi connectivity index (χ2n) is 5.66. The number of aromatic amines is 1. The van der Waals surface area contributed by atoms with E-state index >= 15 is 0 Å². The summed E-state index contributed by atoms with van der Waals surface area (Å²) in [6, 6.07) is 0.301. The van der Waals surface area contributed by atoms with Crippen LogP contribution in [0.2, 0.25) is 0 Å². The van der Waals surface area contributed by atoms with Gasteiger partial charge >= 0.3 is 5.69 Å². The van der Waals surface area contributed by atoms with Crippen molar-refractivity contribution < 1.29 is 4.79 Å². The van der Waals surface area contributed by atoms with Gasteiger partial charge in [0.1, 0.15) is 0 Å². The summed E-state index contributed by atoms with van der Waals surface area (Å²) in [4.78, 5) is 26.1. The van der Waals surface area contributed by atoms with Crippen molar-refractivity contribution >= 4 is 17.7 Å². The highest BCUT2D eigenvalue weighted by molar-refractivity contribution is 8.00. The van der Waals surface area contributed by atoms with Crippen molar-refractivity contribution in [3.05, 3.63) is 10.5 Å². The molecule has 120 valence electrons. The summed E-state index contributed by atoms with van der Waals surface area (Å²) in [5, 5.41) is 6.78. The number of rotatable bonds is 7. The molecule has 0 fully saturated rings. The molecule has 0 aliphatic carbocycles. The number of hydrogen-bond acceptors (Lipinski definition) is 4. The maximum atomic E-state index is 12.6. The van der Waals surface area contributed by atoms with Crippen LogP contribution in [0.5, 0.6) is 0 Å². The largest absolute Gasteiger partial charge is 0.343 e. The zero-order valence-corrected chi connectivity index (χ0v) is 14.5. The number of carbonyl (C=O) groups is 1. The van der Waals surface area contributed by atoms with Crippen LogP contribution in [0, 0.1) is 0 Å². The quantitative estimate of drug-likeness (QED) is 0.783. The molecule has 0 spiro atoms. The normalized spacial score (nSPS) is 13.0. The molecule has 0 aliphatic heterocycles. The molecule has 1 rings (SSSR count). The average Bonchev–Trinajstić information content (AvgIpc) is 2.71. The second-order valence-corrected chi connectivity index (χ2v) is 6.96. The Kier molecular flexibility index (Phi) is 6.51. The number of thioether (sulfide) groups is 1. The number of aromatic nitrogens is 3. The molecule has 1 aromatic heterocycles. The molecule has 7 heteroatoms. The van der Waals surface area contributed by atoms with Crippen LogP contribution in [0.4, 0.5) is 0 Å². The highest BCUT2D eigenvalue weighted by atomic mass is 32.2. The summed E-state index contributed by atoms with van der Waals surface area (Å²) in [5.74, 6) is 0.0727. The molecule has 1 unspecified atom stereocenters. The van der Waals surface area contributed by atoms with Crippen LogP contribution in [0.15, 0.2) is 9.95 Å². The summed E-state index contributed by atoms with van der Waals surface area (Å²) in [6.07, 6.45) is 0.847. The van der Waals surface area contributed by atoms with E-state index in [0.717, 1.165) is 6.42 Å². The lowest BCUT2D eigenvalue weighted by Gasteiger charge is -2.32. The summed E-state index contributed by atoms with van der Waals surface area (Å²) in [6.45, 7) is 12.5. The Morgan fingerprint density at radius 2 is 1.86 bits per heavy atom. The van der Waals surface area contributed by atoms with E-state index in [0.29, 0.717) is 11.7 Å². The molecule has 0 radical (unpaired) electrons. The predicted molar refractivity (Wildman–Crippen MR) is 85.6 cm³/mol. The lowest BCUT2D eigenvalue weighted by Crippen LogP contribution is -2.45. The topological polar surface area (TPSA) is 71.0 Å². The van der Waals surface area contributed by atoms with Crippen molar-refractivity contribution in [1.82, 2.24) is 19.7 Å². The van der Waals surface area contributed by atoms with Gasteiger partial charge in [-0.2, -0.15) is 0 Å². The molecule has 0 aromatic carbocycles. The third-order valence-corrected chi connectivity index (χ3v) is 4.25. The molecule has 0 saturated carbocycles. The molecule has 0 aliphatic rings. The number of hydrogen-bond donors (Lipinski definition) is 1. The fourth-order valence-electron chi connectivity index (χ4n) is 2.34. The standard InChI is InChI=1S/C14H26N4O2S/c1-7-8-17-13(20)15-16-14(17)21-11(6)12(19)18(9(2)3)10(4)5/h9-11H,7-8H2,1-6H3,(H,15,20). The van der Waals surface area contributed by atoms with Crippen molar-refractivity contribution in [3.63, 3.8) is 0 Å². The van der Waals surface area contributed by atoms with Crippen LogP contribution in [0.25, 0.3) is 0 Å². The number of amides is 1. The van der Waals surface area contributed by atoms with Crippen LogP contribution in [0.1, 0.15) is 48.0 Å². The van der Waals surface area contributed by atoms with Crippen molar-refractivity contribution in [1.29, 1.82) is 0 Å². The van der Waals surface area contributed by atoms with Gasteiger partial charge in [0.15, 0.2) is 5.16 Å².